The fourth-order valence-electron chi connectivity index (χ4n) is 2.13. The Balaban J connectivity index is 1.88. The number of nitro groups is 1. The molecule has 7 heteroatoms. The summed E-state index contributed by atoms with van der Waals surface area (Å²) in [5, 5.41) is 16.6. The van der Waals surface area contributed by atoms with Crippen LogP contribution in [0.1, 0.15) is 21.5 Å². The minimum absolute atomic E-state index is 0.0920. The van der Waals surface area contributed by atoms with Gasteiger partial charge >= 0.3 is 0 Å². The van der Waals surface area contributed by atoms with Crippen molar-refractivity contribution in [3.8, 4) is 0 Å². The third-order valence-corrected chi connectivity index (χ3v) is 3.68. The van der Waals surface area contributed by atoms with Crippen LogP contribution in [0.3, 0.4) is 0 Å². The molecule has 0 saturated carbocycles. The highest BCUT2D eigenvalue weighted by atomic mass is 32.1. The maximum atomic E-state index is 12.1. The molecule has 24 heavy (non-hydrogen) atoms. The van der Waals surface area contributed by atoms with Gasteiger partial charge in [0.2, 0.25) is 0 Å². The quantitative estimate of drug-likeness (QED) is 0.495. The van der Waals surface area contributed by atoms with Crippen LogP contribution in [0.4, 0.5) is 5.69 Å². The average molecular weight is 343 g/mol. The lowest BCUT2D eigenvalue weighted by Gasteiger charge is -2.10. The van der Waals surface area contributed by atoms with E-state index in [9.17, 15) is 14.9 Å². The molecule has 0 heterocycles. The molecule has 2 aromatic rings. The van der Waals surface area contributed by atoms with Gasteiger partial charge in [0.25, 0.3) is 11.6 Å². The molecule has 6 nitrogen and oxygen atoms in total. The monoisotopic (exact) mass is 343 g/mol. The summed E-state index contributed by atoms with van der Waals surface area (Å²) in [4.78, 5) is 22.5. The van der Waals surface area contributed by atoms with Gasteiger partial charge in [-0.05, 0) is 37.2 Å². The Kier molecular flexibility index (Phi) is 5.97. The number of nitrogens with zero attached hydrogens (tertiary/aromatic N) is 1. The van der Waals surface area contributed by atoms with E-state index in [1.165, 1.54) is 12.1 Å². The average Bonchev–Trinajstić information content (AvgIpc) is 2.55. The van der Waals surface area contributed by atoms with Crippen molar-refractivity contribution < 1.29 is 9.72 Å². The van der Waals surface area contributed by atoms with Crippen LogP contribution in [-0.4, -0.2) is 22.5 Å². The van der Waals surface area contributed by atoms with Gasteiger partial charge in [-0.25, -0.2) is 0 Å². The fourth-order valence-corrected chi connectivity index (χ4v) is 2.33. The van der Waals surface area contributed by atoms with E-state index in [1.54, 1.807) is 13.0 Å². The lowest BCUT2D eigenvalue weighted by atomic mass is 10.1. The molecule has 0 aromatic heterocycles. The number of rotatable bonds is 5. The van der Waals surface area contributed by atoms with Crippen LogP contribution in [0.2, 0.25) is 0 Å². The molecule has 0 atom stereocenters. The largest absolute Gasteiger partial charge is 0.362 e. The van der Waals surface area contributed by atoms with Gasteiger partial charge in [-0.2, -0.15) is 0 Å². The Labute approximate surface area is 145 Å². The minimum atomic E-state index is -0.511. The summed E-state index contributed by atoms with van der Waals surface area (Å²) in [5.41, 5.74) is 1.76. The number of hydrogen-bond donors (Lipinski definition) is 2. The lowest BCUT2D eigenvalue weighted by Crippen LogP contribution is -2.40. The zero-order valence-electron chi connectivity index (χ0n) is 13.1. The molecule has 1 amide bonds. The first-order valence-electron chi connectivity index (χ1n) is 7.35. The molecule has 2 N–H and O–H groups in total. The van der Waals surface area contributed by atoms with Crippen LogP contribution in [0, 0.1) is 17.0 Å². The van der Waals surface area contributed by atoms with Gasteiger partial charge in [0.05, 0.1) is 4.92 Å². The van der Waals surface area contributed by atoms with Crippen molar-refractivity contribution >= 4 is 28.9 Å². The van der Waals surface area contributed by atoms with E-state index in [4.69, 9.17) is 12.2 Å². The maximum absolute atomic E-state index is 12.1. The van der Waals surface area contributed by atoms with Crippen molar-refractivity contribution in [3.05, 3.63) is 75.3 Å². The second-order valence-corrected chi connectivity index (χ2v) is 5.61. The summed E-state index contributed by atoms with van der Waals surface area (Å²) in [6.07, 6.45) is 0.771. The van der Waals surface area contributed by atoms with Crippen molar-refractivity contribution in [1.29, 1.82) is 0 Å². The number of carbonyl (C=O) groups is 1. The predicted molar refractivity (Wildman–Crippen MR) is 96.0 cm³/mol. The number of nitrogens with one attached hydrogen (secondary N) is 2. The molecule has 0 fully saturated rings. The Morgan fingerprint density at radius 2 is 1.92 bits per heavy atom. The Morgan fingerprint density at radius 3 is 2.58 bits per heavy atom. The van der Waals surface area contributed by atoms with Gasteiger partial charge in [0.15, 0.2) is 5.11 Å². The van der Waals surface area contributed by atoms with Crippen molar-refractivity contribution in [2.45, 2.75) is 13.3 Å². The first-order valence-corrected chi connectivity index (χ1v) is 7.76. The third-order valence-electron chi connectivity index (χ3n) is 3.44. The van der Waals surface area contributed by atoms with E-state index < -0.39 is 10.8 Å². The molecule has 0 saturated heterocycles. The van der Waals surface area contributed by atoms with Crippen molar-refractivity contribution in [1.82, 2.24) is 10.6 Å². The number of carbonyl (C=O) groups excluding carboxylic acids is 1. The van der Waals surface area contributed by atoms with Crippen molar-refractivity contribution in [2.75, 3.05) is 6.54 Å². The van der Waals surface area contributed by atoms with Gasteiger partial charge < -0.3 is 5.32 Å². The zero-order valence-corrected chi connectivity index (χ0v) is 13.9. The summed E-state index contributed by atoms with van der Waals surface area (Å²) >= 11 is 5.08. The SMILES string of the molecule is Cc1ccc(C(=O)NC(=S)NCCc2ccccc2)cc1[N+](=O)[O-]. The van der Waals surface area contributed by atoms with Crippen LogP contribution in [0.25, 0.3) is 0 Å². The number of amides is 1. The number of nitro benzene ring substituents is 1. The molecule has 0 unspecified atom stereocenters. The van der Waals surface area contributed by atoms with E-state index in [0.29, 0.717) is 12.1 Å². The van der Waals surface area contributed by atoms with E-state index in [-0.39, 0.29) is 16.4 Å². The normalized spacial score (nSPS) is 10.0. The van der Waals surface area contributed by atoms with Gasteiger partial charge in [-0.15, -0.1) is 0 Å². The van der Waals surface area contributed by atoms with Gasteiger partial charge in [0.1, 0.15) is 0 Å². The lowest BCUT2D eigenvalue weighted by molar-refractivity contribution is -0.385. The molecule has 0 radical (unpaired) electrons. The van der Waals surface area contributed by atoms with E-state index in [2.05, 4.69) is 10.6 Å². The first kappa shape index (κ1) is 17.6. The van der Waals surface area contributed by atoms with E-state index >= 15 is 0 Å². The number of hydrogen-bond acceptors (Lipinski definition) is 4. The molecule has 0 spiro atoms. The smallest absolute Gasteiger partial charge is 0.273 e. The van der Waals surface area contributed by atoms with Crippen molar-refractivity contribution in [2.24, 2.45) is 0 Å². The maximum Gasteiger partial charge on any atom is 0.273 e. The van der Waals surface area contributed by atoms with Gasteiger partial charge in [-0.1, -0.05) is 36.4 Å². The molecule has 0 aliphatic rings. The topological polar surface area (TPSA) is 84.3 Å². The first-order chi connectivity index (χ1) is 11.5. The highest BCUT2D eigenvalue weighted by Crippen LogP contribution is 2.19. The molecular weight excluding hydrogens is 326 g/mol. The molecule has 124 valence electrons. The summed E-state index contributed by atoms with van der Waals surface area (Å²) in [6.45, 7) is 2.20. The highest BCUT2D eigenvalue weighted by Gasteiger charge is 2.15. The minimum Gasteiger partial charge on any atom is -0.362 e. The number of aryl methyl sites for hydroxylation is 1. The van der Waals surface area contributed by atoms with Crippen LogP contribution in [-0.2, 0) is 6.42 Å². The van der Waals surface area contributed by atoms with Crippen LogP contribution < -0.4 is 10.6 Å². The number of benzene rings is 2. The predicted octanol–water partition coefficient (Wildman–Crippen LogP) is 2.75. The molecule has 0 aliphatic heterocycles. The molecular formula is C17H17N3O3S. The van der Waals surface area contributed by atoms with E-state index in [1.807, 2.05) is 30.3 Å². The third kappa shape index (κ3) is 4.85. The highest BCUT2D eigenvalue weighted by molar-refractivity contribution is 7.80. The molecule has 2 rings (SSSR count). The summed E-state index contributed by atoms with van der Waals surface area (Å²) in [7, 11) is 0. The molecule has 0 aliphatic carbocycles. The summed E-state index contributed by atoms with van der Waals surface area (Å²) in [6, 6.07) is 14.2. The van der Waals surface area contributed by atoms with Crippen LogP contribution in [0.5, 0.6) is 0 Å². The molecule has 2 aromatic carbocycles. The Morgan fingerprint density at radius 1 is 1.21 bits per heavy atom. The number of thiocarbonyl (C=S) groups is 1. The summed E-state index contributed by atoms with van der Waals surface area (Å²) in [5.74, 6) is -0.477. The van der Waals surface area contributed by atoms with Gasteiger partial charge in [0, 0.05) is 23.7 Å². The Bertz CT molecular complexity index is 763. The van der Waals surface area contributed by atoms with Crippen LogP contribution in [0.15, 0.2) is 48.5 Å². The summed E-state index contributed by atoms with van der Waals surface area (Å²) < 4.78 is 0. The van der Waals surface area contributed by atoms with Crippen molar-refractivity contribution in [3.63, 3.8) is 0 Å². The second kappa shape index (κ2) is 8.16. The zero-order chi connectivity index (χ0) is 17.5. The van der Waals surface area contributed by atoms with Crippen LogP contribution >= 0.6 is 12.2 Å². The Hall–Kier alpha value is -2.80. The fraction of sp³-hybridized carbons (Fsp3) is 0.176. The van der Waals surface area contributed by atoms with E-state index in [0.717, 1.165) is 12.0 Å². The second-order valence-electron chi connectivity index (χ2n) is 5.20. The standard InChI is InChI=1S/C17H17N3O3S/c1-12-7-8-14(11-15(12)20(22)23)16(21)19-17(24)18-10-9-13-5-3-2-4-6-13/h2-8,11H,9-10H2,1H3,(H2,18,19,21,24). The molecule has 0 bridgehead atoms. The van der Waals surface area contributed by atoms with Gasteiger partial charge in [-0.3, -0.25) is 20.2 Å².